The van der Waals surface area contributed by atoms with Gasteiger partial charge in [0.2, 0.25) is 6.10 Å². The van der Waals surface area contributed by atoms with E-state index in [0.29, 0.717) is 17.4 Å². The Morgan fingerprint density at radius 2 is 2.12 bits per heavy atom. The van der Waals surface area contributed by atoms with Crippen molar-refractivity contribution in [2.45, 2.75) is 46.1 Å². The molecule has 0 spiro atoms. The molecule has 0 radical (unpaired) electrons. The quantitative estimate of drug-likeness (QED) is 0.471. The van der Waals surface area contributed by atoms with Crippen molar-refractivity contribution < 1.29 is 14.3 Å². The van der Waals surface area contributed by atoms with E-state index >= 15 is 0 Å². The summed E-state index contributed by atoms with van der Waals surface area (Å²) in [6, 6.07) is 7.31. The maximum Gasteiger partial charge on any atom is 0.284 e. The highest BCUT2D eigenvalue weighted by atomic mass is 16.6. The van der Waals surface area contributed by atoms with E-state index in [9.17, 15) is 4.79 Å². The van der Waals surface area contributed by atoms with Gasteiger partial charge in [0, 0.05) is 6.21 Å². The lowest BCUT2D eigenvalue weighted by atomic mass is 10.0. The number of benzene rings is 1. The van der Waals surface area contributed by atoms with E-state index in [2.05, 4.69) is 37.4 Å². The number of carbonyl (C=O) groups excluding carboxylic acids is 1. The molecule has 1 amide bonds. The van der Waals surface area contributed by atoms with E-state index in [-0.39, 0.29) is 12.5 Å². The van der Waals surface area contributed by atoms with Crippen molar-refractivity contribution in [2.24, 2.45) is 11.0 Å². The molecule has 0 bridgehead atoms. The largest absolute Gasteiger partial charge is 0.485 e. The topological polar surface area (TPSA) is 59.9 Å². The predicted molar refractivity (Wildman–Crippen MR) is 95.4 cm³/mol. The molecule has 5 heteroatoms. The molecule has 130 valence electrons. The van der Waals surface area contributed by atoms with Crippen LogP contribution in [-0.2, 0) is 4.79 Å². The average molecular weight is 330 g/mol. The number of fused-ring (bicyclic) bond motifs is 1. The highest BCUT2D eigenvalue weighted by molar-refractivity contribution is 5.82. The van der Waals surface area contributed by atoms with Gasteiger partial charge in [-0.05, 0) is 51.2 Å². The Balaban J connectivity index is 1.71. The first-order valence-corrected chi connectivity index (χ1v) is 8.39. The van der Waals surface area contributed by atoms with Gasteiger partial charge in [-0.15, -0.1) is 0 Å². The maximum absolute atomic E-state index is 12.1. The summed E-state index contributed by atoms with van der Waals surface area (Å²) in [5.74, 6) is 1.48. The number of carbonyl (C=O) groups is 1. The summed E-state index contributed by atoms with van der Waals surface area (Å²) in [4.78, 5) is 12.1. The normalized spacial score (nSPS) is 17.4. The zero-order valence-corrected chi connectivity index (χ0v) is 14.6. The van der Waals surface area contributed by atoms with Crippen LogP contribution in [-0.4, -0.2) is 24.8 Å². The third-order valence-electron chi connectivity index (χ3n) is 3.79. The van der Waals surface area contributed by atoms with Gasteiger partial charge in [-0.2, -0.15) is 5.10 Å². The van der Waals surface area contributed by atoms with Gasteiger partial charge < -0.3 is 9.47 Å². The second-order valence-corrected chi connectivity index (χ2v) is 6.35. The van der Waals surface area contributed by atoms with Crippen molar-refractivity contribution in [3.63, 3.8) is 0 Å². The first-order chi connectivity index (χ1) is 11.6. The standard InChI is InChI=1S/C19H26N2O3/c1-14(2)7-6-8-15(3)11-12-20-21-19(22)18-13-23-16-9-4-5-10-17(16)24-18/h4-5,7,9-10,12,15,18H,6,8,11,13H2,1-3H3,(H,21,22)/b20-12-/t15-,18-/m0/s1. The molecule has 2 rings (SSSR count). The SMILES string of the molecule is CC(C)=CCC[C@H](C)C/C=N\NC(=O)[C@@H]1COc2ccccc2O1. The summed E-state index contributed by atoms with van der Waals surface area (Å²) in [6.45, 7) is 6.59. The zero-order chi connectivity index (χ0) is 17.4. The number of nitrogens with one attached hydrogen (secondary N) is 1. The van der Waals surface area contributed by atoms with Gasteiger partial charge in [0.1, 0.15) is 6.61 Å². The minimum absolute atomic E-state index is 0.192. The van der Waals surface area contributed by atoms with Crippen molar-refractivity contribution in [1.82, 2.24) is 5.43 Å². The average Bonchev–Trinajstić information content (AvgIpc) is 2.57. The van der Waals surface area contributed by atoms with Gasteiger partial charge >= 0.3 is 0 Å². The van der Waals surface area contributed by atoms with Gasteiger partial charge in [-0.3, -0.25) is 4.79 Å². The Kier molecular flexibility index (Phi) is 6.85. The Morgan fingerprint density at radius 3 is 2.88 bits per heavy atom. The van der Waals surface area contributed by atoms with Crippen LogP contribution in [0.3, 0.4) is 0 Å². The van der Waals surface area contributed by atoms with Crippen LogP contribution in [0.4, 0.5) is 0 Å². The molecule has 1 aliphatic rings. The van der Waals surface area contributed by atoms with Crippen LogP contribution in [0.1, 0.15) is 40.0 Å². The van der Waals surface area contributed by atoms with Crippen LogP contribution in [0, 0.1) is 5.92 Å². The van der Waals surface area contributed by atoms with Crippen molar-refractivity contribution in [1.29, 1.82) is 0 Å². The molecule has 1 aromatic carbocycles. The number of nitrogens with zero attached hydrogens (tertiary/aromatic N) is 1. The van der Waals surface area contributed by atoms with Crippen molar-refractivity contribution in [2.75, 3.05) is 6.61 Å². The summed E-state index contributed by atoms with van der Waals surface area (Å²) in [5.41, 5.74) is 3.87. The fourth-order valence-corrected chi connectivity index (χ4v) is 2.34. The molecule has 0 aromatic heterocycles. The molecular weight excluding hydrogens is 304 g/mol. The lowest BCUT2D eigenvalue weighted by Gasteiger charge is -2.24. The molecule has 0 aliphatic carbocycles. The number of rotatable bonds is 7. The Labute approximate surface area is 143 Å². The highest BCUT2D eigenvalue weighted by Crippen LogP contribution is 2.30. The fraction of sp³-hybridized carbons (Fsp3) is 0.474. The third kappa shape index (κ3) is 5.72. The monoisotopic (exact) mass is 330 g/mol. The van der Waals surface area contributed by atoms with Gasteiger partial charge in [0.05, 0.1) is 0 Å². The lowest BCUT2D eigenvalue weighted by molar-refractivity contribution is -0.130. The number of hydrogen-bond donors (Lipinski definition) is 1. The van der Waals surface area contributed by atoms with E-state index < -0.39 is 6.10 Å². The summed E-state index contributed by atoms with van der Waals surface area (Å²) in [6.07, 6.45) is 6.35. The lowest BCUT2D eigenvalue weighted by Crippen LogP contribution is -2.42. The summed E-state index contributed by atoms with van der Waals surface area (Å²) in [5, 5.41) is 4.01. The van der Waals surface area contributed by atoms with Gasteiger partial charge in [0.15, 0.2) is 11.5 Å². The number of hydrogen-bond acceptors (Lipinski definition) is 4. The Bertz CT molecular complexity index is 606. The number of para-hydroxylation sites is 2. The number of hydrazone groups is 1. The smallest absolute Gasteiger partial charge is 0.284 e. The van der Waals surface area contributed by atoms with Crippen LogP contribution in [0.15, 0.2) is 41.0 Å². The van der Waals surface area contributed by atoms with Crippen LogP contribution >= 0.6 is 0 Å². The molecule has 0 fully saturated rings. The van der Waals surface area contributed by atoms with Crippen molar-refractivity contribution in [3.8, 4) is 11.5 Å². The van der Waals surface area contributed by atoms with E-state index in [4.69, 9.17) is 9.47 Å². The molecular formula is C19H26N2O3. The summed E-state index contributed by atoms with van der Waals surface area (Å²) in [7, 11) is 0. The highest BCUT2D eigenvalue weighted by Gasteiger charge is 2.26. The number of ether oxygens (including phenoxy) is 2. The van der Waals surface area contributed by atoms with Crippen LogP contribution in [0.5, 0.6) is 11.5 Å². The van der Waals surface area contributed by atoms with Crippen molar-refractivity contribution in [3.05, 3.63) is 35.9 Å². The maximum atomic E-state index is 12.1. The minimum Gasteiger partial charge on any atom is -0.485 e. The molecule has 1 N–H and O–H groups in total. The summed E-state index contributed by atoms with van der Waals surface area (Å²) < 4.78 is 11.2. The first-order valence-electron chi connectivity index (χ1n) is 8.39. The number of allylic oxidation sites excluding steroid dienone is 2. The molecule has 0 saturated carbocycles. The first kappa shape index (κ1) is 18.0. The molecule has 5 nitrogen and oxygen atoms in total. The van der Waals surface area contributed by atoms with Crippen molar-refractivity contribution >= 4 is 12.1 Å². The Hall–Kier alpha value is -2.30. The Morgan fingerprint density at radius 1 is 1.38 bits per heavy atom. The molecule has 24 heavy (non-hydrogen) atoms. The third-order valence-corrected chi connectivity index (χ3v) is 3.79. The second-order valence-electron chi connectivity index (χ2n) is 6.35. The van der Waals surface area contributed by atoms with Gasteiger partial charge in [-0.1, -0.05) is 30.7 Å². The second kappa shape index (κ2) is 9.11. The molecule has 1 aromatic rings. The minimum atomic E-state index is -0.674. The van der Waals surface area contributed by atoms with Gasteiger partial charge in [-0.25, -0.2) is 5.43 Å². The van der Waals surface area contributed by atoms with Crippen LogP contribution in [0.2, 0.25) is 0 Å². The van der Waals surface area contributed by atoms with Crippen LogP contribution < -0.4 is 14.9 Å². The fourth-order valence-electron chi connectivity index (χ4n) is 2.34. The van der Waals surface area contributed by atoms with Crippen LogP contribution in [0.25, 0.3) is 0 Å². The van der Waals surface area contributed by atoms with Gasteiger partial charge in [0.25, 0.3) is 5.91 Å². The van der Waals surface area contributed by atoms with E-state index in [1.165, 1.54) is 5.57 Å². The molecule has 1 aliphatic heterocycles. The van der Waals surface area contributed by atoms with E-state index in [1.807, 2.05) is 18.2 Å². The summed E-state index contributed by atoms with van der Waals surface area (Å²) >= 11 is 0. The van der Waals surface area contributed by atoms with E-state index in [1.54, 1.807) is 12.3 Å². The molecule has 0 unspecified atom stereocenters. The zero-order valence-electron chi connectivity index (χ0n) is 14.6. The molecule has 2 atom stereocenters. The predicted octanol–water partition coefficient (Wildman–Crippen LogP) is 3.70. The number of amides is 1. The molecule has 1 heterocycles. The molecule has 0 saturated heterocycles. The van der Waals surface area contributed by atoms with E-state index in [0.717, 1.165) is 19.3 Å².